The monoisotopic (exact) mass is 180 g/mol. The van der Waals surface area contributed by atoms with Crippen LogP contribution in [0.25, 0.3) is 10.9 Å². The fourth-order valence-corrected chi connectivity index (χ4v) is 1.20. The molecule has 0 aliphatic rings. The Morgan fingerprint density at radius 2 is 2.23 bits per heavy atom. The van der Waals surface area contributed by atoms with Crippen molar-refractivity contribution in [3.8, 4) is 5.75 Å². The normalized spacial score (nSPS) is 10.5. The number of nitrogens with zero attached hydrogens (tertiary/aromatic N) is 1. The van der Waals surface area contributed by atoms with Crippen LogP contribution in [-0.2, 0) is 0 Å². The minimum Gasteiger partial charge on any atom is -0.504 e. The average molecular weight is 180 g/mol. The molecule has 0 aliphatic heterocycles. The standard InChI is InChI=1S/C8H5FN2O2/c9-4-1-2-6-5(3-4)7(12)8(10-6)11-13/h1-3,10,12H. The van der Waals surface area contributed by atoms with Gasteiger partial charge in [0.25, 0.3) is 0 Å². The van der Waals surface area contributed by atoms with Gasteiger partial charge in [0.2, 0.25) is 5.82 Å². The third kappa shape index (κ3) is 1.05. The van der Waals surface area contributed by atoms with Gasteiger partial charge in [0.15, 0.2) is 5.75 Å². The molecule has 1 aromatic carbocycles. The van der Waals surface area contributed by atoms with Crippen LogP contribution in [0.3, 0.4) is 0 Å². The molecule has 5 heteroatoms. The molecule has 66 valence electrons. The van der Waals surface area contributed by atoms with Gasteiger partial charge in [0.1, 0.15) is 5.82 Å². The summed E-state index contributed by atoms with van der Waals surface area (Å²) >= 11 is 0. The molecule has 0 amide bonds. The molecule has 2 aromatic rings. The number of hydrogen-bond acceptors (Lipinski definition) is 3. The van der Waals surface area contributed by atoms with E-state index in [2.05, 4.69) is 10.2 Å². The van der Waals surface area contributed by atoms with E-state index in [1.165, 1.54) is 12.1 Å². The Labute approximate surface area is 72.0 Å². The van der Waals surface area contributed by atoms with Gasteiger partial charge in [-0.2, -0.15) is 0 Å². The number of halogens is 1. The van der Waals surface area contributed by atoms with E-state index in [0.717, 1.165) is 6.07 Å². The highest BCUT2D eigenvalue weighted by molar-refractivity contribution is 5.91. The minimum absolute atomic E-state index is 0.180. The minimum atomic E-state index is -0.473. The first kappa shape index (κ1) is 7.72. The summed E-state index contributed by atoms with van der Waals surface area (Å²) in [6, 6.07) is 3.79. The Morgan fingerprint density at radius 1 is 1.46 bits per heavy atom. The number of fused-ring (bicyclic) bond motifs is 1. The molecule has 4 nitrogen and oxygen atoms in total. The first-order chi connectivity index (χ1) is 6.22. The Hall–Kier alpha value is -1.91. The zero-order valence-corrected chi connectivity index (χ0v) is 6.41. The van der Waals surface area contributed by atoms with Crippen LogP contribution in [0.1, 0.15) is 0 Å². The molecule has 0 radical (unpaired) electrons. The van der Waals surface area contributed by atoms with E-state index in [-0.39, 0.29) is 17.0 Å². The molecule has 1 heterocycles. The quantitative estimate of drug-likeness (QED) is 0.661. The second-order valence-corrected chi connectivity index (χ2v) is 2.60. The van der Waals surface area contributed by atoms with Gasteiger partial charge in [0, 0.05) is 5.39 Å². The van der Waals surface area contributed by atoms with Crippen molar-refractivity contribution in [1.29, 1.82) is 0 Å². The number of nitrogens with one attached hydrogen (secondary N) is 1. The summed E-state index contributed by atoms with van der Waals surface area (Å²) in [6.07, 6.45) is 0. The summed E-state index contributed by atoms with van der Waals surface area (Å²) in [5.41, 5.74) is 0.480. The number of hydrogen-bond donors (Lipinski definition) is 2. The maximum Gasteiger partial charge on any atom is 0.218 e. The van der Waals surface area contributed by atoms with Crippen LogP contribution in [0.15, 0.2) is 23.4 Å². The molecule has 0 fully saturated rings. The highest BCUT2D eigenvalue weighted by Crippen LogP contribution is 2.34. The molecule has 0 bridgehead atoms. The summed E-state index contributed by atoms with van der Waals surface area (Å²) in [4.78, 5) is 12.7. The van der Waals surface area contributed by atoms with Crippen LogP contribution in [0, 0.1) is 10.7 Å². The van der Waals surface area contributed by atoms with Crippen molar-refractivity contribution in [3.05, 3.63) is 28.9 Å². The number of aromatic hydroxyl groups is 1. The highest BCUT2D eigenvalue weighted by atomic mass is 19.1. The maximum absolute atomic E-state index is 12.7. The molecule has 13 heavy (non-hydrogen) atoms. The van der Waals surface area contributed by atoms with E-state index in [0.29, 0.717) is 5.52 Å². The molecule has 0 saturated carbocycles. The molecule has 2 rings (SSSR count). The van der Waals surface area contributed by atoms with Gasteiger partial charge in [-0.05, 0) is 23.4 Å². The van der Waals surface area contributed by atoms with Crippen molar-refractivity contribution in [1.82, 2.24) is 4.98 Å². The van der Waals surface area contributed by atoms with Crippen molar-refractivity contribution >= 4 is 16.7 Å². The molecule has 2 N–H and O–H groups in total. The number of aromatic amines is 1. The predicted octanol–water partition coefficient (Wildman–Crippen LogP) is 2.41. The van der Waals surface area contributed by atoms with Crippen molar-refractivity contribution in [2.45, 2.75) is 0 Å². The van der Waals surface area contributed by atoms with E-state index in [4.69, 9.17) is 0 Å². The van der Waals surface area contributed by atoms with Crippen molar-refractivity contribution in [2.24, 2.45) is 5.18 Å². The van der Waals surface area contributed by atoms with Gasteiger partial charge in [-0.3, -0.25) is 0 Å². The molecule has 0 spiro atoms. The van der Waals surface area contributed by atoms with Gasteiger partial charge in [-0.15, -0.1) is 4.91 Å². The fourth-order valence-electron chi connectivity index (χ4n) is 1.20. The van der Waals surface area contributed by atoms with E-state index in [9.17, 15) is 14.4 Å². The van der Waals surface area contributed by atoms with E-state index in [1.54, 1.807) is 0 Å². The number of nitroso groups, excluding NO2 is 1. The smallest absolute Gasteiger partial charge is 0.218 e. The van der Waals surface area contributed by atoms with Gasteiger partial charge in [-0.25, -0.2) is 4.39 Å². The average Bonchev–Trinajstić information content (AvgIpc) is 2.44. The predicted molar refractivity (Wildman–Crippen MR) is 45.4 cm³/mol. The molecular weight excluding hydrogens is 175 g/mol. The lowest BCUT2D eigenvalue weighted by atomic mass is 10.2. The van der Waals surface area contributed by atoms with E-state index < -0.39 is 5.82 Å². The van der Waals surface area contributed by atoms with E-state index >= 15 is 0 Å². The Kier molecular flexibility index (Phi) is 1.51. The van der Waals surface area contributed by atoms with Crippen molar-refractivity contribution in [3.63, 3.8) is 0 Å². The van der Waals surface area contributed by atoms with E-state index in [1.807, 2.05) is 0 Å². The van der Waals surface area contributed by atoms with Gasteiger partial charge in [0.05, 0.1) is 5.52 Å². The molecule has 0 aliphatic carbocycles. The molecular formula is C8H5FN2O2. The number of H-pyrrole nitrogens is 1. The Balaban J connectivity index is 2.84. The van der Waals surface area contributed by atoms with Crippen LogP contribution in [-0.4, -0.2) is 10.1 Å². The van der Waals surface area contributed by atoms with Crippen LogP contribution in [0.5, 0.6) is 5.75 Å². The molecule has 1 aromatic heterocycles. The summed E-state index contributed by atoms with van der Waals surface area (Å²) in [6.45, 7) is 0. The first-order valence-electron chi connectivity index (χ1n) is 3.56. The molecule has 0 atom stereocenters. The lowest BCUT2D eigenvalue weighted by molar-refractivity contribution is 0.482. The summed E-state index contributed by atoms with van der Waals surface area (Å²) < 4.78 is 12.7. The number of rotatable bonds is 1. The first-order valence-corrected chi connectivity index (χ1v) is 3.56. The maximum atomic E-state index is 12.7. The second-order valence-electron chi connectivity index (χ2n) is 2.60. The topological polar surface area (TPSA) is 65.5 Å². The third-order valence-electron chi connectivity index (χ3n) is 1.81. The van der Waals surface area contributed by atoms with Crippen LogP contribution < -0.4 is 0 Å². The summed E-state index contributed by atoms with van der Waals surface area (Å²) in [5.74, 6) is -0.968. The van der Waals surface area contributed by atoms with Crippen LogP contribution >= 0.6 is 0 Å². The third-order valence-corrected chi connectivity index (χ3v) is 1.81. The lowest BCUT2D eigenvalue weighted by Crippen LogP contribution is -1.71. The summed E-state index contributed by atoms with van der Waals surface area (Å²) in [5, 5.41) is 12.1. The largest absolute Gasteiger partial charge is 0.504 e. The van der Waals surface area contributed by atoms with Crippen LogP contribution in [0.2, 0.25) is 0 Å². The zero-order valence-electron chi connectivity index (χ0n) is 6.41. The fraction of sp³-hybridized carbons (Fsp3) is 0. The lowest BCUT2D eigenvalue weighted by Gasteiger charge is -1.89. The Bertz CT molecular complexity index is 478. The molecule has 0 saturated heterocycles. The zero-order chi connectivity index (χ0) is 9.42. The SMILES string of the molecule is O=Nc1[nH]c2ccc(F)cc2c1O. The van der Waals surface area contributed by atoms with Crippen molar-refractivity contribution < 1.29 is 9.50 Å². The van der Waals surface area contributed by atoms with Crippen molar-refractivity contribution in [2.75, 3.05) is 0 Å². The van der Waals surface area contributed by atoms with Gasteiger partial charge in [-0.1, -0.05) is 0 Å². The van der Waals surface area contributed by atoms with Gasteiger partial charge >= 0.3 is 0 Å². The summed E-state index contributed by atoms with van der Waals surface area (Å²) in [7, 11) is 0. The molecule has 0 unspecified atom stereocenters. The number of benzene rings is 1. The number of aromatic nitrogens is 1. The highest BCUT2D eigenvalue weighted by Gasteiger charge is 2.10. The Morgan fingerprint density at radius 3 is 2.92 bits per heavy atom. The van der Waals surface area contributed by atoms with Gasteiger partial charge < -0.3 is 10.1 Å². The second kappa shape index (κ2) is 2.55. The van der Waals surface area contributed by atoms with Crippen LogP contribution in [0.4, 0.5) is 10.2 Å².